The lowest BCUT2D eigenvalue weighted by atomic mass is 9.86. The van der Waals surface area contributed by atoms with Gasteiger partial charge in [-0.25, -0.2) is 5.43 Å². The van der Waals surface area contributed by atoms with Gasteiger partial charge in [-0.05, 0) is 62.6 Å². The van der Waals surface area contributed by atoms with Gasteiger partial charge in [-0.3, -0.25) is 4.79 Å². The Hall–Kier alpha value is -1.88. The highest BCUT2D eigenvalue weighted by atomic mass is 16.5. The van der Waals surface area contributed by atoms with Gasteiger partial charge < -0.3 is 9.64 Å². The van der Waals surface area contributed by atoms with Crippen LogP contribution in [0.4, 0.5) is 0 Å². The monoisotopic (exact) mass is 343 g/mol. The van der Waals surface area contributed by atoms with E-state index in [9.17, 15) is 4.79 Å². The molecule has 2 aliphatic rings. The molecule has 1 N–H and O–H groups in total. The Morgan fingerprint density at radius 2 is 1.96 bits per heavy atom. The minimum atomic E-state index is -0.0589. The average molecular weight is 343 g/mol. The van der Waals surface area contributed by atoms with Crippen molar-refractivity contribution in [2.45, 2.75) is 46.1 Å². The summed E-state index contributed by atoms with van der Waals surface area (Å²) < 4.78 is 5.87. The molecular formula is C20H29N3O2. The van der Waals surface area contributed by atoms with Crippen molar-refractivity contribution in [1.82, 2.24) is 10.3 Å². The van der Waals surface area contributed by atoms with Crippen LogP contribution in [-0.2, 0) is 4.79 Å². The molecular weight excluding hydrogens is 314 g/mol. The molecule has 1 aromatic rings. The Balaban J connectivity index is 1.50. The van der Waals surface area contributed by atoms with Crippen LogP contribution in [0.15, 0.2) is 29.4 Å². The maximum Gasteiger partial charge on any atom is 0.243 e. The first-order valence-electron chi connectivity index (χ1n) is 9.41. The van der Waals surface area contributed by atoms with Crippen LogP contribution in [0.2, 0.25) is 0 Å². The number of hydrogen-bond acceptors (Lipinski definition) is 4. The van der Waals surface area contributed by atoms with Crippen LogP contribution < -0.4 is 10.2 Å². The van der Waals surface area contributed by atoms with E-state index in [2.05, 4.69) is 22.4 Å². The Labute approximate surface area is 150 Å². The van der Waals surface area contributed by atoms with Crippen LogP contribution in [0, 0.1) is 11.8 Å². The molecule has 136 valence electrons. The quantitative estimate of drug-likeness (QED) is 0.808. The maximum atomic E-state index is 11.7. The van der Waals surface area contributed by atoms with Crippen molar-refractivity contribution in [2.24, 2.45) is 16.9 Å². The van der Waals surface area contributed by atoms with E-state index in [4.69, 9.17) is 4.74 Å². The number of amides is 1. The van der Waals surface area contributed by atoms with Gasteiger partial charge in [-0.2, -0.15) is 5.10 Å². The fourth-order valence-corrected chi connectivity index (χ4v) is 3.61. The Morgan fingerprint density at radius 1 is 1.20 bits per heavy atom. The number of carbonyl (C=O) groups excluding carboxylic acids is 1. The largest absolute Gasteiger partial charge is 0.494 e. The highest BCUT2D eigenvalue weighted by molar-refractivity contribution is 6.06. The molecule has 0 aliphatic carbocycles. The predicted octanol–water partition coefficient (Wildman–Crippen LogP) is 3.05. The zero-order valence-electron chi connectivity index (χ0n) is 15.5. The van der Waals surface area contributed by atoms with E-state index in [0.29, 0.717) is 0 Å². The predicted molar refractivity (Wildman–Crippen MR) is 99.8 cm³/mol. The Bertz CT molecular complexity index is 626. The summed E-state index contributed by atoms with van der Waals surface area (Å²) in [5.74, 6) is 0.933. The first-order chi connectivity index (χ1) is 12.1. The summed E-state index contributed by atoms with van der Waals surface area (Å²) in [5.41, 5.74) is 4.58. The molecule has 2 aliphatic heterocycles. The number of benzene rings is 1. The zero-order valence-corrected chi connectivity index (χ0v) is 15.5. The third kappa shape index (κ3) is 4.21. The summed E-state index contributed by atoms with van der Waals surface area (Å²) in [5, 5.41) is 4.24. The van der Waals surface area contributed by atoms with E-state index in [0.717, 1.165) is 42.6 Å². The molecule has 3 atom stereocenters. The average Bonchev–Trinajstić information content (AvgIpc) is 3.03. The Morgan fingerprint density at radius 3 is 2.64 bits per heavy atom. The van der Waals surface area contributed by atoms with Crippen LogP contribution >= 0.6 is 0 Å². The number of hydrazone groups is 1. The summed E-state index contributed by atoms with van der Waals surface area (Å²) in [4.78, 5) is 14.2. The fraction of sp³-hybridized carbons (Fsp3) is 0.600. The van der Waals surface area contributed by atoms with Crippen LogP contribution in [0.25, 0.3) is 0 Å². The number of likely N-dealkylation sites (tertiary alicyclic amines) is 1. The zero-order chi connectivity index (χ0) is 17.8. The Kier molecular flexibility index (Phi) is 5.74. The van der Waals surface area contributed by atoms with Gasteiger partial charge in [-0.1, -0.05) is 13.8 Å². The molecule has 0 aromatic heterocycles. The van der Waals surface area contributed by atoms with Crippen molar-refractivity contribution in [3.05, 3.63) is 29.8 Å². The van der Waals surface area contributed by atoms with Gasteiger partial charge in [0, 0.05) is 24.4 Å². The van der Waals surface area contributed by atoms with E-state index in [-0.39, 0.29) is 17.7 Å². The van der Waals surface area contributed by atoms with Gasteiger partial charge in [0.25, 0.3) is 0 Å². The van der Waals surface area contributed by atoms with Gasteiger partial charge in [0.15, 0.2) is 0 Å². The van der Waals surface area contributed by atoms with E-state index in [1.54, 1.807) is 0 Å². The van der Waals surface area contributed by atoms with Crippen molar-refractivity contribution in [3.8, 4) is 5.75 Å². The molecule has 2 unspecified atom stereocenters. The molecule has 3 rings (SSSR count). The molecule has 5 heteroatoms. The molecule has 1 aromatic carbocycles. The molecule has 1 saturated heterocycles. The minimum Gasteiger partial charge on any atom is -0.494 e. The second kappa shape index (κ2) is 8.00. The molecule has 1 amide bonds. The number of hydrogen-bond donors (Lipinski definition) is 1. The SMILES string of the molecule is CC1C(=O)NN=C(c2ccc(OCCCN3CCC[C@H]3C)cc2)C1C. The van der Waals surface area contributed by atoms with Crippen LogP contribution in [0.1, 0.15) is 45.6 Å². The smallest absolute Gasteiger partial charge is 0.243 e. The lowest BCUT2D eigenvalue weighted by molar-refractivity contribution is -0.125. The van der Waals surface area contributed by atoms with E-state index in [1.807, 2.05) is 38.1 Å². The lowest BCUT2D eigenvalue weighted by Gasteiger charge is -2.25. The third-order valence-electron chi connectivity index (χ3n) is 5.58. The number of nitrogens with one attached hydrogen (secondary N) is 1. The number of nitrogens with zero attached hydrogens (tertiary/aromatic N) is 2. The van der Waals surface area contributed by atoms with Crippen molar-refractivity contribution in [3.63, 3.8) is 0 Å². The molecule has 5 nitrogen and oxygen atoms in total. The fourth-order valence-electron chi connectivity index (χ4n) is 3.61. The molecule has 0 spiro atoms. The molecule has 0 bridgehead atoms. The second-order valence-electron chi connectivity index (χ2n) is 7.30. The summed E-state index contributed by atoms with van der Waals surface area (Å²) >= 11 is 0. The molecule has 2 heterocycles. The van der Waals surface area contributed by atoms with Gasteiger partial charge in [0.1, 0.15) is 5.75 Å². The number of rotatable bonds is 6. The highest BCUT2D eigenvalue weighted by Gasteiger charge is 2.29. The van der Waals surface area contributed by atoms with Crippen molar-refractivity contribution < 1.29 is 9.53 Å². The van der Waals surface area contributed by atoms with Crippen LogP contribution in [0.5, 0.6) is 5.75 Å². The minimum absolute atomic E-state index is 0.0106. The second-order valence-corrected chi connectivity index (χ2v) is 7.30. The van der Waals surface area contributed by atoms with Gasteiger partial charge in [0.2, 0.25) is 5.91 Å². The third-order valence-corrected chi connectivity index (χ3v) is 5.58. The van der Waals surface area contributed by atoms with E-state index < -0.39 is 0 Å². The number of ether oxygens (including phenoxy) is 1. The summed E-state index contributed by atoms with van der Waals surface area (Å²) in [6.45, 7) is 9.38. The van der Waals surface area contributed by atoms with Crippen LogP contribution in [-0.4, -0.2) is 42.3 Å². The highest BCUT2D eigenvalue weighted by Crippen LogP contribution is 2.23. The summed E-state index contributed by atoms with van der Waals surface area (Å²) in [7, 11) is 0. The molecule has 1 fully saturated rings. The van der Waals surface area contributed by atoms with Crippen molar-refractivity contribution in [2.75, 3.05) is 19.7 Å². The maximum absolute atomic E-state index is 11.7. The lowest BCUT2D eigenvalue weighted by Crippen LogP contribution is -2.39. The van der Waals surface area contributed by atoms with Gasteiger partial charge >= 0.3 is 0 Å². The first kappa shape index (κ1) is 17.9. The van der Waals surface area contributed by atoms with Crippen molar-refractivity contribution >= 4 is 11.6 Å². The molecule has 25 heavy (non-hydrogen) atoms. The molecule has 0 saturated carbocycles. The van der Waals surface area contributed by atoms with E-state index in [1.165, 1.54) is 19.4 Å². The number of carbonyl (C=O) groups is 1. The topological polar surface area (TPSA) is 53.9 Å². The normalized spacial score (nSPS) is 27.1. The summed E-state index contributed by atoms with van der Waals surface area (Å²) in [6.07, 6.45) is 3.70. The van der Waals surface area contributed by atoms with Gasteiger partial charge in [0.05, 0.1) is 12.3 Å². The van der Waals surface area contributed by atoms with Crippen molar-refractivity contribution in [1.29, 1.82) is 0 Å². The first-order valence-corrected chi connectivity index (χ1v) is 9.41. The van der Waals surface area contributed by atoms with E-state index >= 15 is 0 Å². The van der Waals surface area contributed by atoms with Crippen LogP contribution in [0.3, 0.4) is 0 Å². The van der Waals surface area contributed by atoms with Gasteiger partial charge in [-0.15, -0.1) is 0 Å². The molecule has 0 radical (unpaired) electrons. The summed E-state index contributed by atoms with van der Waals surface area (Å²) in [6, 6.07) is 8.75. The standard InChI is InChI=1S/C20H29N3O2/c1-14-6-4-11-23(14)12-5-13-25-18-9-7-17(8-10-18)19-15(2)16(3)20(24)22-21-19/h7-10,14-16H,4-6,11-13H2,1-3H3,(H,22,24)/t14-,15?,16?/m1/s1.